The molecule has 0 spiro atoms. The molecule has 23 heavy (non-hydrogen) atoms. The van der Waals surface area contributed by atoms with Gasteiger partial charge in [-0.25, -0.2) is 4.79 Å². The molecule has 118 valence electrons. The first-order chi connectivity index (χ1) is 11.1. The van der Waals surface area contributed by atoms with Gasteiger partial charge in [-0.3, -0.25) is 4.79 Å². The molecule has 4 heteroatoms. The average Bonchev–Trinajstić information content (AvgIpc) is 2.57. The predicted octanol–water partition coefficient (Wildman–Crippen LogP) is 3.74. The largest absolute Gasteiger partial charge is 0.426 e. The van der Waals surface area contributed by atoms with Crippen molar-refractivity contribution < 1.29 is 19.1 Å². The van der Waals surface area contributed by atoms with Gasteiger partial charge in [0.2, 0.25) is 0 Å². The highest BCUT2D eigenvalue weighted by molar-refractivity contribution is 5.99. The highest BCUT2D eigenvalue weighted by atomic mass is 16.5. The minimum atomic E-state index is -0.483. The lowest BCUT2D eigenvalue weighted by Gasteiger charge is -2.24. The van der Waals surface area contributed by atoms with Crippen molar-refractivity contribution >= 4 is 22.7 Å². The minimum absolute atomic E-state index is 0.348. The van der Waals surface area contributed by atoms with E-state index in [9.17, 15) is 9.59 Å². The SMILES string of the molecule is C=CC(=O)Oc1c2c(c(OC(C)=O)c3ccccc13)CCCC2. The predicted molar refractivity (Wildman–Crippen MR) is 87.7 cm³/mol. The summed E-state index contributed by atoms with van der Waals surface area (Å²) in [7, 11) is 0. The number of ether oxygens (including phenoxy) is 2. The van der Waals surface area contributed by atoms with E-state index in [2.05, 4.69) is 6.58 Å². The summed E-state index contributed by atoms with van der Waals surface area (Å²) < 4.78 is 11.1. The summed E-state index contributed by atoms with van der Waals surface area (Å²) in [6.45, 7) is 4.86. The topological polar surface area (TPSA) is 52.6 Å². The Bertz CT molecular complexity index is 805. The van der Waals surface area contributed by atoms with Crippen molar-refractivity contribution in [2.75, 3.05) is 0 Å². The molecule has 0 fully saturated rings. The highest BCUT2D eigenvalue weighted by Crippen LogP contribution is 2.44. The van der Waals surface area contributed by atoms with E-state index in [1.54, 1.807) is 0 Å². The Morgan fingerprint density at radius 2 is 1.52 bits per heavy atom. The molecule has 2 aromatic carbocycles. The van der Waals surface area contributed by atoms with Crippen LogP contribution < -0.4 is 9.47 Å². The Hall–Kier alpha value is -2.62. The van der Waals surface area contributed by atoms with E-state index in [-0.39, 0.29) is 5.97 Å². The van der Waals surface area contributed by atoms with Crippen LogP contribution in [0.15, 0.2) is 36.9 Å². The smallest absolute Gasteiger partial charge is 0.335 e. The Morgan fingerprint density at radius 1 is 1.00 bits per heavy atom. The van der Waals surface area contributed by atoms with Crippen LogP contribution in [0.4, 0.5) is 0 Å². The summed E-state index contributed by atoms with van der Waals surface area (Å²) in [5, 5.41) is 1.56. The fraction of sp³-hybridized carbons (Fsp3) is 0.263. The van der Waals surface area contributed by atoms with Gasteiger partial charge in [0.1, 0.15) is 11.5 Å². The summed E-state index contributed by atoms with van der Waals surface area (Å²) >= 11 is 0. The van der Waals surface area contributed by atoms with Gasteiger partial charge >= 0.3 is 11.9 Å². The van der Waals surface area contributed by atoms with Crippen molar-refractivity contribution in [1.82, 2.24) is 0 Å². The van der Waals surface area contributed by atoms with Gasteiger partial charge in [0.25, 0.3) is 0 Å². The zero-order chi connectivity index (χ0) is 16.4. The molecule has 1 aliphatic rings. The number of hydrogen-bond donors (Lipinski definition) is 0. The maximum absolute atomic E-state index is 11.7. The van der Waals surface area contributed by atoms with Crippen LogP contribution >= 0.6 is 0 Å². The number of rotatable bonds is 3. The second-order valence-electron chi connectivity index (χ2n) is 5.59. The fourth-order valence-electron chi connectivity index (χ4n) is 3.13. The molecular weight excluding hydrogens is 292 g/mol. The van der Waals surface area contributed by atoms with Crippen molar-refractivity contribution in [1.29, 1.82) is 0 Å². The summed E-state index contributed by atoms with van der Waals surface area (Å²) in [6, 6.07) is 7.51. The molecule has 0 atom stereocenters. The third-order valence-corrected chi connectivity index (χ3v) is 4.05. The molecular formula is C19H18O4. The number of benzene rings is 2. The van der Waals surface area contributed by atoms with E-state index in [0.29, 0.717) is 11.5 Å². The normalized spacial score (nSPS) is 13.3. The van der Waals surface area contributed by atoms with Gasteiger partial charge in [-0.05, 0) is 25.7 Å². The number of carbonyl (C=O) groups excluding carboxylic acids is 2. The zero-order valence-corrected chi connectivity index (χ0v) is 13.1. The van der Waals surface area contributed by atoms with Crippen LogP contribution in [0.2, 0.25) is 0 Å². The van der Waals surface area contributed by atoms with Crippen LogP contribution in [-0.2, 0) is 22.4 Å². The van der Waals surface area contributed by atoms with Gasteiger partial charge < -0.3 is 9.47 Å². The molecule has 0 saturated heterocycles. The maximum Gasteiger partial charge on any atom is 0.335 e. The molecule has 0 bridgehead atoms. The van der Waals surface area contributed by atoms with Crippen LogP contribution in [0.3, 0.4) is 0 Å². The lowest BCUT2D eigenvalue weighted by molar-refractivity contribution is -0.132. The lowest BCUT2D eigenvalue weighted by atomic mass is 9.87. The van der Waals surface area contributed by atoms with Crippen LogP contribution in [0.5, 0.6) is 11.5 Å². The second kappa shape index (κ2) is 6.24. The van der Waals surface area contributed by atoms with Crippen LogP contribution in [0.25, 0.3) is 10.8 Å². The summed E-state index contributed by atoms with van der Waals surface area (Å²) in [5.41, 5.74) is 1.93. The zero-order valence-electron chi connectivity index (χ0n) is 13.1. The fourth-order valence-corrected chi connectivity index (χ4v) is 3.13. The van der Waals surface area contributed by atoms with Gasteiger partial charge in [-0.1, -0.05) is 30.8 Å². The first-order valence-corrected chi connectivity index (χ1v) is 7.71. The summed E-state index contributed by atoms with van der Waals surface area (Å²) in [4.78, 5) is 23.3. The summed E-state index contributed by atoms with van der Waals surface area (Å²) in [6.07, 6.45) is 4.80. The molecule has 3 rings (SSSR count). The maximum atomic E-state index is 11.7. The number of carbonyl (C=O) groups is 2. The Kier molecular flexibility index (Phi) is 4.15. The quantitative estimate of drug-likeness (QED) is 0.492. The molecule has 0 amide bonds. The van der Waals surface area contributed by atoms with Crippen molar-refractivity contribution in [2.24, 2.45) is 0 Å². The van der Waals surface area contributed by atoms with Crippen molar-refractivity contribution in [2.45, 2.75) is 32.6 Å². The van der Waals surface area contributed by atoms with Gasteiger partial charge in [-0.2, -0.15) is 0 Å². The molecule has 0 radical (unpaired) electrons. The van der Waals surface area contributed by atoms with E-state index < -0.39 is 5.97 Å². The molecule has 0 saturated carbocycles. The highest BCUT2D eigenvalue weighted by Gasteiger charge is 2.25. The van der Waals surface area contributed by atoms with E-state index in [1.807, 2.05) is 24.3 Å². The van der Waals surface area contributed by atoms with Crippen LogP contribution in [-0.4, -0.2) is 11.9 Å². The first kappa shape index (κ1) is 15.3. The van der Waals surface area contributed by atoms with Crippen molar-refractivity contribution in [3.63, 3.8) is 0 Å². The molecule has 0 aliphatic heterocycles. The Morgan fingerprint density at radius 3 is 2.00 bits per heavy atom. The third-order valence-electron chi connectivity index (χ3n) is 4.05. The van der Waals surface area contributed by atoms with Gasteiger partial charge in [-0.15, -0.1) is 0 Å². The first-order valence-electron chi connectivity index (χ1n) is 7.71. The average molecular weight is 310 g/mol. The van der Waals surface area contributed by atoms with E-state index in [4.69, 9.17) is 9.47 Å². The molecule has 0 heterocycles. The van der Waals surface area contributed by atoms with Crippen LogP contribution in [0, 0.1) is 0 Å². The summed E-state index contributed by atoms with van der Waals surface area (Å²) in [5.74, 6) is 0.333. The molecule has 1 aliphatic carbocycles. The third kappa shape index (κ3) is 2.84. The second-order valence-corrected chi connectivity index (χ2v) is 5.59. The minimum Gasteiger partial charge on any atom is -0.426 e. The number of esters is 2. The van der Waals surface area contributed by atoms with Gasteiger partial charge in [0.15, 0.2) is 0 Å². The van der Waals surface area contributed by atoms with E-state index in [1.165, 1.54) is 6.92 Å². The Balaban J connectivity index is 2.32. The molecule has 0 unspecified atom stereocenters. The van der Waals surface area contributed by atoms with Crippen LogP contribution in [0.1, 0.15) is 30.9 Å². The Labute approximate surface area is 134 Å². The monoisotopic (exact) mass is 310 g/mol. The van der Waals surface area contributed by atoms with E-state index in [0.717, 1.165) is 53.7 Å². The lowest BCUT2D eigenvalue weighted by Crippen LogP contribution is -2.14. The van der Waals surface area contributed by atoms with Gasteiger partial charge in [0, 0.05) is 34.9 Å². The number of fused-ring (bicyclic) bond motifs is 2. The van der Waals surface area contributed by atoms with Gasteiger partial charge in [0.05, 0.1) is 0 Å². The standard InChI is InChI=1S/C19H18O4/c1-3-17(21)23-19-15-10-6-4-8-13(15)18(22-12(2)20)14-9-5-7-11-16(14)19/h3-4,6,8,10H,1,5,7,9,11H2,2H3. The van der Waals surface area contributed by atoms with Crippen molar-refractivity contribution in [3.05, 3.63) is 48.0 Å². The molecule has 2 aromatic rings. The van der Waals surface area contributed by atoms with E-state index >= 15 is 0 Å². The van der Waals surface area contributed by atoms with Crippen molar-refractivity contribution in [3.8, 4) is 11.5 Å². The number of hydrogen-bond acceptors (Lipinski definition) is 4. The molecule has 4 nitrogen and oxygen atoms in total. The molecule has 0 N–H and O–H groups in total. The molecule has 0 aromatic heterocycles.